The van der Waals surface area contributed by atoms with Crippen LogP contribution in [0.25, 0.3) is 0 Å². The predicted molar refractivity (Wildman–Crippen MR) is 59.0 cm³/mol. The van der Waals surface area contributed by atoms with Crippen LogP contribution in [-0.4, -0.2) is 17.4 Å². The fourth-order valence-corrected chi connectivity index (χ4v) is 1.35. The van der Waals surface area contributed by atoms with Gasteiger partial charge in [0.05, 0.1) is 11.8 Å². The predicted octanol–water partition coefficient (Wildman–Crippen LogP) is 1.65. The molecular weight excluding hydrogens is 204 g/mol. The highest BCUT2D eigenvalue weighted by Crippen LogP contribution is 1.99. The van der Waals surface area contributed by atoms with E-state index in [1.54, 1.807) is 12.3 Å². The van der Waals surface area contributed by atoms with Gasteiger partial charge in [-0.15, -0.1) is 0 Å². The van der Waals surface area contributed by atoms with E-state index >= 15 is 0 Å². The zero-order chi connectivity index (χ0) is 11.2. The van der Waals surface area contributed by atoms with Crippen molar-refractivity contribution in [3.63, 3.8) is 0 Å². The Kier molecular flexibility index (Phi) is 3.33. The van der Waals surface area contributed by atoms with Gasteiger partial charge in [-0.1, -0.05) is 6.07 Å². The van der Waals surface area contributed by atoms with Crippen LogP contribution in [-0.2, 0) is 6.42 Å². The Morgan fingerprint density at radius 2 is 2.31 bits per heavy atom. The third kappa shape index (κ3) is 2.70. The summed E-state index contributed by atoms with van der Waals surface area (Å²) in [4.78, 5) is 15.7. The molecule has 2 aromatic rings. The number of pyridine rings is 1. The van der Waals surface area contributed by atoms with E-state index in [1.165, 1.54) is 12.5 Å². The summed E-state index contributed by atoms with van der Waals surface area (Å²) in [5.74, 6) is -0.121. The molecule has 4 nitrogen and oxygen atoms in total. The van der Waals surface area contributed by atoms with Crippen molar-refractivity contribution in [3.05, 3.63) is 54.2 Å². The van der Waals surface area contributed by atoms with Crippen molar-refractivity contribution < 1.29 is 9.21 Å². The van der Waals surface area contributed by atoms with E-state index < -0.39 is 0 Å². The summed E-state index contributed by atoms with van der Waals surface area (Å²) in [6, 6.07) is 7.37. The van der Waals surface area contributed by atoms with Crippen molar-refractivity contribution in [2.75, 3.05) is 6.54 Å². The standard InChI is InChI=1S/C12H12N2O2/c15-12(10-5-8-16-9-10)14-7-4-11-3-1-2-6-13-11/h1-3,5-6,8-9H,4,7H2,(H,14,15). The van der Waals surface area contributed by atoms with Crippen LogP contribution >= 0.6 is 0 Å². The largest absolute Gasteiger partial charge is 0.472 e. The Hall–Kier alpha value is -2.10. The average molecular weight is 216 g/mol. The molecule has 4 heteroatoms. The van der Waals surface area contributed by atoms with Gasteiger partial charge in [-0.2, -0.15) is 0 Å². The van der Waals surface area contributed by atoms with Crippen molar-refractivity contribution in [1.82, 2.24) is 10.3 Å². The third-order valence-electron chi connectivity index (χ3n) is 2.18. The maximum atomic E-state index is 11.5. The van der Waals surface area contributed by atoms with Gasteiger partial charge in [0.2, 0.25) is 0 Å². The number of hydrogen-bond acceptors (Lipinski definition) is 3. The summed E-state index contributed by atoms with van der Waals surface area (Å²) < 4.78 is 4.83. The lowest BCUT2D eigenvalue weighted by atomic mass is 10.2. The summed E-state index contributed by atoms with van der Waals surface area (Å²) in [5, 5.41) is 2.79. The summed E-state index contributed by atoms with van der Waals surface area (Å²) in [6.07, 6.45) is 5.38. The monoisotopic (exact) mass is 216 g/mol. The van der Waals surface area contributed by atoms with E-state index in [1.807, 2.05) is 18.2 Å². The number of carbonyl (C=O) groups is 1. The minimum Gasteiger partial charge on any atom is -0.472 e. The van der Waals surface area contributed by atoms with Crippen LogP contribution in [0.5, 0.6) is 0 Å². The van der Waals surface area contributed by atoms with E-state index in [-0.39, 0.29) is 5.91 Å². The summed E-state index contributed by atoms with van der Waals surface area (Å²) in [7, 11) is 0. The molecule has 2 aromatic heterocycles. The lowest BCUT2D eigenvalue weighted by Gasteiger charge is -2.02. The third-order valence-corrected chi connectivity index (χ3v) is 2.18. The minimum absolute atomic E-state index is 0.121. The van der Waals surface area contributed by atoms with Gasteiger partial charge in [0, 0.05) is 24.9 Å². The van der Waals surface area contributed by atoms with Gasteiger partial charge in [0.15, 0.2) is 0 Å². The number of aromatic nitrogens is 1. The first-order valence-corrected chi connectivity index (χ1v) is 5.06. The fraction of sp³-hybridized carbons (Fsp3) is 0.167. The number of rotatable bonds is 4. The Labute approximate surface area is 93.3 Å². The molecule has 2 heterocycles. The number of nitrogens with zero attached hydrogens (tertiary/aromatic N) is 1. The molecule has 0 saturated carbocycles. The van der Waals surface area contributed by atoms with Crippen LogP contribution in [0, 0.1) is 0 Å². The molecular formula is C12H12N2O2. The number of amides is 1. The van der Waals surface area contributed by atoms with Crippen LogP contribution in [0.2, 0.25) is 0 Å². The fourth-order valence-electron chi connectivity index (χ4n) is 1.35. The molecule has 0 spiro atoms. The molecule has 82 valence electrons. The summed E-state index contributed by atoms with van der Waals surface area (Å²) in [6.45, 7) is 0.570. The normalized spacial score (nSPS) is 10.0. The molecule has 0 bridgehead atoms. The molecule has 1 N–H and O–H groups in total. The molecule has 0 aliphatic carbocycles. The average Bonchev–Trinajstić information content (AvgIpc) is 2.84. The smallest absolute Gasteiger partial charge is 0.254 e. The SMILES string of the molecule is O=C(NCCc1ccccn1)c1ccoc1. The zero-order valence-corrected chi connectivity index (χ0v) is 8.72. The molecule has 2 rings (SSSR count). The molecule has 0 unspecified atom stereocenters. The highest BCUT2D eigenvalue weighted by molar-refractivity contribution is 5.93. The van der Waals surface area contributed by atoms with E-state index in [0.29, 0.717) is 12.1 Å². The van der Waals surface area contributed by atoms with Gasteiger partial charge < -0.3 is 9.73 Å². The van der Waals surface area contributed by atoms with E-state index in [0.717, 1.165) is 12.1 Å². The highest BCUT2D eigenvalue weighted by atomic mass is 16.3. The van der Waals surface area contributed by atoms with Gasteiger partial charge in [-0.3, -0.25) is 9.78 Å². The van der Waals surface area contributed by atoms with Gasteiger partial charge in [0.1, 0.15) is 6.26 Å². The Bertz CT molecular complexity index is 437. The second kappa shape index (κ2) is 5.11. The molecule has 1 amide bonds. The molecule has 0 fully saturated rings. The maximum absolute atomic E-state index is 11.5. The number of furan rings is 1. The maximum Gasteiger partial charge on any atom is 0.254 e. The molecule has 16 heavy (non-hydrogen) atoms. The van der Waals surface area contributed by atoms with E-state index in [2.05, 4.69) is 10.3 Å². The van der Waals surface area contributed by atoms with Crippen LogP contribution < -0.4 is 5.32 Å². The molecule has 0 aliphatic heterocycles. The lowest BCUT2D eigenvalue weighted by molar-refractivity contribution is 0.0953. The molecule has 0 aliphatic rings. The first-order chi connectivity index (χ1) is 7.86. The van der Waals surface area contributed by atoms with Crippen LogP contribution in [0.1, 0.15) is 16.1 Å². The Morgan fingerprint density at radius 1 is 1.38 bits per heavy atom. The molecule has 0 saturated heterocycles. The molecule has 0 radical (unpaired) electrons. The Balaban J connectivity index is 1.79. The molecule has 0 atom stereocenters. The Morgan fingerprint density at radius 3 is 3.00 bits per heavy atom. The first kappa shape index (κ1) is 10.4. The van der Waals surface area contributed by atoms with Crippen LogP contribution in [0.4, 0.5) is 0 Å². The van der Waals surface area contributed by atoms with Crippen molar-refractivity contribution >= 4 is 5.91 Å². The van der Waals surface area contributed by atoms with Gasteiger partial charge in [-0.25, -0.2) is 0 Å². The number of nitrogens with one attached hydrogen (secondary N) is 1. The molecule has 0 aromatic carbocycles. The van der Waals surface area contributed by atoms with Crippen molar-refractivity contribution in [2.45, 2.75) is 6.42 Å². The van der Waals surface area contributed by atoms with Gasteiger partial charge in [-0.05, 0) is 18.2 Å². The van der Waals surface area contributed by atoms with Gasteiger partial charge >= 0.3 is 0 Å². The van der Waals surface area contributed by atoms with Crippen molar-refractivity contribution in [1.29, 1.82) is 0 Å². The number of carbonyl (C=O) groups excluding carboxylic acids is 1. The summed E-state index contributed by atoms with van der Waals surface area (Å²) >= 11 is 0. The van der Waals surface area contributed by atoms with Crippen molar-refractivity contribution in [3.8, 4) is 0 Å². The van der Waals surface area contributed by atoms with Gasteiger partial charge in [0.25, 0.3) is 5.91 Å². The number of hydrogen-bond donors (Lipinski definition) is 1. The minimum atomic E-state index is -0.121. The topological polar surface area (TPSA) is 55.1 Å². The second-order valence-electron chi connectivity index (χ2n) is 3.34. The van der Waals surface area contributed by atoms with Crippen LogP contribution in [0.3, 0.4) is 0 Å². The first-order valence-electron chi connectivity index (χ1n) is 5.06. The van der Waals surface area contributed by atoms with Crippen molar-refractivity contribution in [2.24, 2.45) is 0 Å². The summed E-state index contributed by atoms with van der Waals surface area (Å²) in [5.41, 5.74) is 1.51. The van der Waals surface area contributed by atoms with E-state index in [4.69, 9.17) is 4.42 Å². The highest BCUT2D eigenvalue weighted by Gasteiger charge is 2.05. The second-order valence-corrected chi connectivity index (χ2v) is 3.34. The zero-order valence-electron chi connectivity index (χ0n) is 8.72. The van der Waals surface area contributed by atoms with E-state index in [9.17, 15) is 4.79 Å². The van der Waals surface area contributed by atoms with Crippen LogP contribution in [0.15, 0.2) is 47.4 Å². The lowest BCUT2D eigenvalue weighted by Crippen LogP contribution is -2.25. The quantitative estimate of drug-likeness (QED) is 0.845.